The van der Waals surface area contributed by atoms with Gasteiger partial charge in [-0.15, -0.1) is 0 Å². The molecule has 0 atom stereocenters. The Balaban J connectivity index is 0.000000262. The van der Waals surface area contributed by atoms with Gasteiger partial charge in [0.15, 0.2) is 5.78 Å². The Kier molecular flexibility index (Phi) is 11.4. The third kappa shape index (κ3) is 9.69. The SMILES string of the molecule is CC(=O)c1ccccc1CNC(=O)C=O.CC1(c2cccc(Br)c2)CC1.CNCC#N. The minimum Gasteiger partial charge on any atom is -0.346 e. The molecule has 0 bridgehead atoms. The highest BCUT2D eigenvalue weighted by molar-refractivity contribution is 9.10. The summed E-state index contributed by atoms with van der Waals surface area (Å²) in [5.41, 5.74) is 3.25. The lowest BCUT2D eigenvalue weighted by molar-refractivity contribution is -0.131. The van der Waals surface area contributed by atoms with E-state index >= 15 is 0 Å². The normalized spacial score (nSPS) is 12.6. The Morgan fingerprint density at radius 2 is 1.87 bits per heavy atom. The van der Waals surface area contributed by atoms with Crippen molar-refractivity contribution in [2.24, 2.45) is 0 Å². The highest BCUT2D eigenvalue weighted by atomic mass is 79.9. The maximum atomic E-state index is 11.2. The molecule has 0 saturated heterocycles. The van der Waals surface area contributed by atoms with Gasteiger partial charge in [-0.25, -0.2) is 0 Å². The zero-order valence-electron chi connectivity index (χ0n) is 18.1. The van der Waals surface area contributed by atoms with Gasteiger partial charge in [0.2, 0.25) is 6.29 Å². The average Bonchev–Trinajstić information content (AvgIpc) is 3.52. The van der Waals surface area contributed by atoms with Crippen LogP contribution in [0.5, 0.6) is 0 Å². The Bertz CT molecular complexity index is 934. The summed E-state index contributed by atoms with van der Waals surface area (Å²) in [6.45, 7) is 4.42. The lowest BCUT2D eigenvalue weighted by atomic mass is 9.99. The number of hydrogen-bond acceptors (Lipinski definition) is 5. The van der Waals surface area contributed by atoms with Crippen LogP contribution >= 0.6 is 15.9 Å². The van der Waals surface area contributed by atoms with Gasteiger partial charge in [-0.2, -0.15) is 5.26 Å². The number of carbonyl (C=O) groups excluding carboxylic acids is 3. The summed E-state index contributed by atoms with van der Waals surface area (Å²) in [5.74, 6) is -0.751. The molecule has 1 amide bonds. The lowest BCUT2D eigenvalue weighted by Gasteiger charge is -2.07. The third-order valence-corrected chi connectivity index (χ3v) is 5.23. The summed E-state index contributed by atoms with van der Waals surface area (Å²) in [5, 5.41) is 12.8. The molecule has 164 valence electrons. The maximum absolute atomic E-state index is 11.2. The van der Waals surface area contributed by atoms with E-state index in [-0.39, 0.29) is 18.6 Å². The van der Waals surface area contributed by atoms with E-state index in [1.165, 1.54) is 29.8 Å². The predicted octanol–water partition coefficient (Wildman–Crippen LogP) is 3.93. The van der Waals surface area contributed by atoms with Crippen molar-refractivity contribution in [1.29, 1.82) is 5.26 Å². The van der Waals surface area contributed by atoms with E-state index in [9.17, 15) is 14.4 Å². The van der Waals surface area contributed by atoms with Crippen LogP contribution < -0.4 is 10.6 Å². The number of hydrogen-bond donors (Lipinski definition) is 2. The van der Waals surface area contributed by atoms with Crippen molar-refractivity contribution in [3.05, 3.63) is 69.7 Å². The molecule has 1 aliphatic carbocycles. The number of nitriles is 1. The second-order valence-electron chi connectivity index (χ2n) is 7.31. The van der Waals surface area contributed by atoms with Crippen LogP contribution in [-0.2, 0) is 21.5 Å². The average molecular weight is 486 g/mol. The number of aldehydes is 1. The van der Waals surface area contributed by atoms with Gasteiger partial charge < -0.3 is 10.6 Å². The molecule has 1 fully saturated rings. The van der Waals surface area contributed by atoms with Crippen LogP contribution in [0.4, 0.5) is 0 Å². The van der Waals surface area contributed by atoms with Gasteiger partial charge in [-0.3, -0.25) is 14.4 Å². The largest absolute Gasteiger partial charge is 0.346 e. The van der Waals surface area contributed by atoms with E-state index < -0.39 is 5.91 Å². The molecule has 0 spiro atoms. The molecule has 0 unspecified atom stereocenters. The molecule has 0 heterocycles. The van der Waals surface area contributed by atoms with Crippen molar-refractivity contribution >= 4 is 33.9 Å². The quantitative estimate of drug-likeness (QED) is 0.279. The standard InChI is InChI=1S/C11H11NO3.C10H11Br.C3H6N2/c1-8(14)10-5-3-2-4-9(10)6-12-11(15)7-13;1-10(5-6-10)8-3-2-4-9(11)7-8;1-5-3-2-4/h2-5,7H,6H2,1H3,(H,12,15);2-4,7H,5-6H2,1H3;5H,3H2,1H3. The summed E-state index contributed by atoms with van der Waals surface area (Å²) >= 11 is 3.48. The first-order valence-electron chi connectivity index (χ1n) is 9.87. The molecule has 2 aromatic rings. The second-order valence-corrected chi connectivity index (χ2v) is 8.22. The fourth-order valence-corrected chi connectivity index (χ4v) is 3.06. The van der Waals surface area contributed by atoms with Gasteiger partial charge in [-0.05, 0) is 55.5 Å². The molecule has 7 heteroatoms. The molecule has 6 nitrogen and oxygen atoms in total. The maximum Gasteiger partial charge on any atom is 0.284 e. The Morgan fingerprint density at radius 1 is 1.19 bits per heavy atom. The van der Waals surface area contributed by atoms with Crippen LogP contribution in [0.1, 0.15) is 48.2 Å². The third-order valence-electron chi connectivity index (χ3n) is 4.73. The molecule has 0 radical (unpaired) electrons. The number of nitrogens with zero attached hydrogens (tertiary/aromatic N) is 1. The topological polar surface area (TPSA) is 99.1 Å². The summed E-state index contributed by atoms with van der Waals surface area (Å²) in [6, 6.07) is 17.5. The van der Waals surface area contributed by atoms with Crippen LogP contribution in [0.15, 0.2) is 53.0 Å². The zero-order valence-corrected chi connectivity index (χ0v) is 19.7. The van der Waals surface area contributed by atoms with Crippen molar-refractivity contribution in [1.82, 2.24) is 10.6 Å². The molecular weight excluding hydrogens is 458 g/mol. The number of Topliss-reactive ketones (excluding diaryl/α,β-unsaturated/α-hetero) is 1. The van der Waals surface area contributed by atoms with Gasteiger partial charge in [-0.1, -0.05) is 59.3 Å². The molecule has 2 N–H and O–H groups in total. The van der Waals surface area contributed by atoms with Crippen LogP contribution in [0, 0.1) is 11.3 Å². The van der Waals surface area contributed by atoms with Gasteiger partial charge in [0.1, 0.15) is 0 Å². The molecule has 0 aliphatic heterocycles. The molecule has 31 heavy (non-hydrogen) atoms. The monoisotopic (exact) mass is 485 g/mol. The van der Waals surface area contributed by atoms with Gasteiger partial charge >= 0.3 is 0 Å². The molecule has 1 aliphatic rings. The van der Waals surface area contributed by atoms with Crippen molar-refractivity contribution in [2.45, 2.75) is 38.6 Å². The summed E-state index contributed by atoms with van der Waals surface area (Å²) in [7, 11) is 1.74. The molecule has 1 saturated carbocycles. The Hall–Kier alpha value is -2.82. The van der Waals surface area contributed by atoms with E-state index in [2.05, 4.69) is 57.8 Å². The first kappa shape index (κ1) is 26.2. The second kappa shape index (κ2) is 13.5. The highest BCUT2D eigenvalue weighted by Gasteiger charge is 2.38. The van der Waals surface area contributed by atoms with Crippen LogP contribution in [0.25, 0.3) is 0 Å². The van der Waals surface area contributed by atoms with E-state index in [0.29, 0.717) is 23.1 Å². The van der Waals surface area contributed by atoms with Crippen molar-refractivity contribution in [3.63, 3.8) is 0 Å². The predicted molar refractivity (Wildman–Crippen MR) is 125 cm³/mol. The van der Waals surface area contributed by atoms with Crippen LogP contribution in [0.2, 0.25) is 0 Å². The fraction of sp³-hybridized carbons (Fsp3) is 0.333. The first-order valence-corrected chi connectivity index (χ1v) is 10.7. The molecule has 3 rings (SSSR count). The minimum absolute atomic E-state index is 0.0639. The number of carbonyl (C=O) groups is 3. The van der Waals surface area contributed by atoms with Crippen molar-refractivity contribution in [3.8, 4) is 6.07 Å². The van der Waals surface area contributed by atoms with E-state index in [4.69, 9.17) is 5.26 Å². The summed E-state index contributed by atoms with van der Waals surface area (Å²) in [4.78, 5) is 32.0. The first-order chi connectivity index (χ1) is 14.8. The minimum atomic E-state index is -0.687. The summed E-state index contributed by atoms with van der Waals surface area (Å²) in [6.07, 6.45) is 2.91. The summed E-state index contributed by atoms with van der Waals surface area (Å²) < 4.78 is 1.20. The zero-order chi connectivity index (χ0) is 23.3. The Labute approximate surface area is 192 Å². The van der Waals surface area contributed by atoms with Gasteiger partial charge in [0.05, 0.1) is 12.6 Å². The van der Waals surface area contributed by atoms with E-state index in [1.54, 1.807) is 31.3 Å². The number of halogens is 1. The van der Waals surface area contributed by atoms with Crippen LogP contribution in [-0.4, -0.2) is 31.6 Å². The Morgan fingerprint density at radius 3 is 2.35 bits per heavy atom. The van der Waals surface area contributed by atoms with Crippen LogP contribution in [0.3, 0.4) is 0 Å². The fourth-order valence-electron chi connectivity index (χ4n) is 2.66. The van der Waals surface area contributed by atoms with E-state index in [1.807, 2.05) is 6.07 Å². The van der Waals surface area contributed by atoms with E-state index in [0.717, 1.165) is 0 Å². The molecule has 0 aromatic heterocycles. The molecular formula is C24H28BrN3O3. The van der Waals surface area contributed by atoms with Crippen molar-refractivity contribution in [2.75, 3.05) is 13.6 Å². The number of rotatable bonds is 6. The number of benzene rings is 2. The number of amides is 1. The number of nitrogens with one attached hydrogen (secondary N) is 2. The number of ketones is 1. The highest BCUT2D eigenvalue weighted by Crippen LogP contribution is 2.47. The molecule has 2 aromatic carbocycles. The van der Waals surface area contributed by atoms with Gasteiger partial charge in [0.25, 0.3) is 5.91 Å². The smallest absolute Gasteiger partial charge is 0.284 e. The lowest BCUT2D eigenvalue weighted by Crippen LogP contribution is -2.24. The van der Waals surface area contributed by atoms with Gasteiger partial charge in [0, 0.05) is 16.6 Å². The van der Waals surface area contributed by atoms with Crippen molar-refractivity contribution < 1.29 is 14.4 Å².